The number of hydrogen-bond acceptors (Lipinski definition) is 5. The average Bonchev–Trinajstić information content (AvgIpc) is 3.39. The molecule has 2 aromatic carbocycles. The maximum Gasteiger partial charge on any atom is 0.250 e. The van der Waals surface area contributed by atoms with Crippen molar-refractivity contribution in [2.24, 2.45) is 16.5 Å². The molecule has 0 radical (unpaired) electrons. The smallest absolute Gasteiger partial charge is 0.250 e. The summed E-state index contributed by atoms with van der Waals surface area (Å²) in [7, 11) is -3.81. The van der Waals surface area contributed by atoms with Gasteiger partial charge in [0.1, 0.15) is 12.1 Å². The highest BCUT2D eigenvalue weighted by atomic mass is 32.2. The van der Waals surface area contributed by atoms with Gasteiger partial charge in [-0.1, -0.05) is 67.6 Å². The first-order valence-corrected chi connectivity index (χ1v) is 14.6. The molecule has 2 aromatic rings. The summed E-state index contributed by atoms with van der Waals surface area (Å²) in [6.45, 7) is 2.04. The third-order valence-corrected chi connectivity index (χ3v) is 7.99. The standard InChI is InChI=1S/C27H36N6O5S/c1-2-18-39(37,38)32-24(23(19-10-5-3-6-11-19)20-12-7-4-8-13-20)26(36)33-17-9-14-21(33)25(35)30-16-15-22(34)31-27(28)29/h3-8,10-13,21,23-24,32H,2,9,14-18H2,1H3,(H,30,35)(H4,28,29,31,34)/t21-,24+/m0/s1. The zero-order chi connectivity index (χ0) is 28.4. The highest BCUT2D eigenvalue weighted by molar-refractivity contribution is 7.89. The number of nitrogens with zero attached hydrogens (tertiary/aromatic N) is 2. The molecule has 0 unspecified atom stereocenters. The summed E-state index contributed by atoms with van der Waals surface area (Å²) in [6.07, 6.45) is 1.26. The number of carbonyl (C=O) groups is 3. The number of benzene rings is 2. The van der Waals surface area contributed by atoms with Crippen LogP contribution in [0.1, 0.15) is 49.7 Å². The minimum absolute atomic E-state index is 0.00378. The van der Waals surface area contributed by atoms with E-state index in [1.165, 1.54) is 4.90 Å². The highest BCUT2D eigenvalue weighted by Crippen LogP contribution is 2.31. The van der Waals surface area contributed by atoms with Crippen molar-refractivity contribution in [1.29, 1.82) is 0 Å². The van der Waals surface area contributed by atoms with E-state index in [-0.39, 0.29) is 24.7 Å². The lowest BCUT2D eigenvalue weighted by Crippen LogP contribution is -2.55. The third-order valence-electron chi connectivity index (χ3n) is 6.43. The summed E-state index contributed by atoms with van der Waals surface area (Å²) < 4.78 is 28.7. The van der Waals surface area contributed by atoms with Crippen molar-refractivity contribution in [2.75, 3.05) is 18.8 Å². The number of nitrogens with two attached hydrogens (primary N) is 2. The van der Waals surface area contributed by atoms with Gasteiger partial charge >= 0.3 is 0 Å². The second-order valence-corrected chi connectivity index (χ2v) is 11.2. The van der Waals surface area contributed by atoms with Crippen LogP contribution in [0.3, 0.4) is 0 Å². The molecule has 6 N–H and O–H groups in total. The predicted octanol–water partition coefficient (Wildman–Crippen LogP) is 0.814. The topological polar surface area (TPSA) is 177 Å². The Hall–Kier alpha value is -3.77. The van der Waals surface area contributed by atoms with Crippen molar-refractivity contribution in [1.82, 2.24) is 14.9 Å². The second-order valence-electron chi connectivity index (χ2n) is 9.37. The fourth-order valence-electron chi connectivity index (χ4n) is 4.77. The Kier molecular flexibility index (Phi) is 10.6. The fourth-order valence-corrected chi connectivity index (χ4v) is 6.05. The molecule has 0 saturated carbocycles. The van der Waals surface area contributed by atoms with E-state index in [0.717, 1.165) is 11.1 Å². The molecule has 0 aliphatic carbocycles. The first-order chi connectivity index (χ1) is 18.6. The number of hydrogen-bond donors (Lipinski definition) is 4. The first-order valence-electron chi connectivity index (χ1n) is 12.9. The monoisotopic (exact) mass is 556 g/mol. The Morgan fingerprint density at radius 3 is 2.15 bits per heavy atom. The Morgan fingerprint density at radius 1 is 1.03 bits per heavy atom. The summed E-state index contributed by atoms with van der Waals surface area (Å²) in [5.74, 6) is -2.62. The van der Waals surface area contributed by atoms with Crippen molar-refractivity contribution in [3.63, 3.8) is 0 Å². The number of aliphatic imine (C=N–C) groups is 1. The van der Waals surface area contributed by atoms with E-state index in [2.05, 4.69) is 15.0 Å². The number of likely N-dealkylation sites (tertiary alicyclic amines) is 1. The first kappa shape index (κ1) is 29.8. The number of amides is 3. The van der Waals surface area contributed by atoms with Gasteiger partial charge in [-0.25, -0.2) is 13.1 Å². The molecule has 1 heterocycles. The Balaban J connectivity index is 1.91. The minimum atomic E-state index is -3.81. The molecule has 1 aliphatic rings. The van der Waals surface area contributed by atoms with Gasteiger partial charge in [0.05, 0.1) is 5.75 Å². The van der Waals surface area contributed by atoms with Crippen LogP contribution < -0.4 is 21.5 Å². The zero-order valence-electron chi connectivity index (χ0n) is 22.0. The molecule has 1 aliphatic heterocycles. The summed E-state index contributed by atoms with van der Waals surface area (Å²) in [4.78, 5) is 43.8. The summed E-state index contributed by atoms with van der Waals surface area (Å²) in [5.41, 5.74) is 11.9. The van der Waals surface area contributed by atoms with E-state index >= 15 is 0 Å². The summed E-state index contributed by atoms with van der Waals surface area (Å²) in [6, 6.07) is 16.5. The van der Waals surface area contributed by atoms with Crippen LogP contribution in [0.4, 0.5) is 0 Å². The van der Waals surface area contributed by atoms with Gasteiger partial charge in [0.2, 0.25) is 21.8 Å². The van der Waals surface area contributed by atoms with Crippen LogP contribution >= 0.6 is 0 Å². The van der Waals surface area contributed by atoms with Gasteiger partial charge in [0.15, 0.2) is 5.96 Å². The minimum Gasteiger partial charge on any atom is -0.370 e. The Morgan fingerprint density at radius 2 is 1.62 bits per heavy atom. The van der Waals surface area contributed by atoms with Crippen molar-refractivity contribution in [2.45, 2.75) is 50.6 Å². The van der Waals surface area contributed by atoms with Gasteiger partial charge in [0, 0.05) is 25.4 Å². The Labute approximate surface area is 229 Å². The van der Waals surface area contributed by atoms with E-state index < -0.39 is 45.7 Å². The van der Waals surface area contributed by atoms with Crippen LogP contribution in [0.25, 0.3) is 0 Å². The predicted molar refractivity (Wildman–Crippen MR) is 149 cm³/mol. The molecule has 0 aromatic heterocycles. The molecule has 11 nitrogen and oxygen atoms in total. The van der Waals surface area contributed by atoms with Crippen molar-refractivity contribution < 1.29 is 22.8 Å². The average molecular weight is 557 g/mol. The van der Waals surface area contributed by atoms with Gasteiger partial charge in [0.25, 0.3) is 5.91 Å². The molecular formula is C27H36N6O5S. The van der Waals surface area contributed by atoms with Crippen molar-refractivity contribution >= 4 is 33.7 Å². The van der Waals surface area contributed by atoms with Crippen LogP contribution in [0.15, 0.2) is 65.7 Å². The number of sulfonamides is 1. The van der Waals surface area contributed by atoms with Crippen molar-refractivity contribution in [3.05, 3.63) is 71.8 Å². The maximum absolute atomic E-state index is 14.2. The van der Waals surface area contributed by atoms with E-state index in [1.54, 1.807) is 6.92 Å². The molecule has 2 atom stereocenters. The van der Waals surface area contributed by atoms with Gasteiger partial charge < -0.3 is 21.7 Å². The van der Waals surface area contributed by atoms with Crippen LogP contribution in [0.5, 0.6) is 0 Å². The van der Waals surface area contributed by atoms with Gasteiger partial charge in [-0.15, -0.1) is 0 Å². The SMILES string of the molecule is CCCS(=O)(=O)N[C@@H](C(=O)N1CCC[C@H]1C(=O)NCCC(=O)N=C(N)N)C(c1ccccc1)c1ccccc1. The lowest BCUT2D eigenvalue weighted by Gasteiger charge is -2.33. The van der Waals surface area contributed by atoms with Crippen LogP contribution in [-0.4, -0.2) is 67.9 Å². The third kappa shape index (κ3) is 8.36. The number of rotatable bonds is 12. The molecule has 210 valence electrons. The lowest BCUT2D eigenvalue weighted by molar-refractivity contribution is -0.140. The normalized spacial score (nSPS) is 16.1. The van der Waals surface area contributed by atoms with E-state index in [9.17, 15) is 22.8 Å². The number of carbonyl (C=O) groups excluding carboxylic acids is 3. The summed E-state index contributed by atoms with van der Waals surface area (Å²) in [5, 5.41) is 2.67. The van der Waals surface area contributed by atoms with Crippen LogP contribution in [0.2, 0.25) is 0 Å². The quantitative estimate of drug-likeness (QED) is 0.221. The number of nitrogens with one attached hydrogen (secondary N) is 2. The van der Waals surface area contributed by atoms with Gasteiger partial charge in [-0.3, -0.25) is 14.4 Å². The molecule has 0 spiro atoms. The van der Waals surface area contributed by atoms with Crippen LogP contribution in [0, 0.1) is 0 Å². The fraction of sp³-hybridized carbons (Fsp3) is 0.407. The van der Waals surface area contributed by atoms with Gasteiger partial charge in [-0.05, 0) is 30.4 Å². The Bertz CT molecular complexity index is 1230. The summed E-state index contributed by atoms with van der Waals surface area (Å²) >= 11 is 0. The molecule has 0 bridgehead atoms. The maximum atomic E-state index is 14.2. The molecule has 3 amide bonds. The largest absolute Gasteiger partial charge is 0.370 e. The van der Waals surface area contributed by atoms with E-state index in [0.29, 0.717) is 25.8 Å². The molecule has 39 heavy (non-hydrogen) atoms. The van der Waals surface area contributed by atoms with Crippen LogP contribution in [-0.2, 0) is 24.4 Å². The van der Waals surface area contributed by atoms with Crippen molar-refractivity contribution in [3.8, 4) is 0 Å². The number of guanidine groups is 1. The highest BCUT2D eigenvalue weighted by Gasteiger charge is 2.42. The van der Waals surface area contributed by atoms with Gasteiger partial charge in [-0.2, -0.15) is 4.99 Å². The molecule has 1 saturated heterocycles. The van der Waals surface area contributed by atoms with E-state index in [1.807, 2.05) is 60.7 Å². The molecule has 1 fully saturated rings. The van der Waals surface area contributed by atoms with E-state index in [4.69, 9.17) is 11.5 Å². The molecular weight excluding hydrogens is 520 g/mol. The molecule has 12 heteroatoms. The lowest BCUT2D eigenvalue weighted by atomic mass is 9.84. The molecule has 3 rings (SSSR count). The second kappa shape index (κ2) is 13.9. The zero-order valence-corrected chi connectivity index (χ0v) is 22.8.